The van der Waals surface area contributed by atoms with Crippen LogP contribution in [0.3, 0.4) is 0 Å². The summed E-state index contributed by atoms with van der Waals surface area (Å²) in [4.78, 5) is 20.4. The molecule has 26 heavy (non-hydrogen) atoms. The molecule has 3 heterocycles. The Labute approximate surface area is 155 Å². The molecule has 4 aromatic rings. The van der Waals surface area contributed by atoms with Crippen molar-refractivity contribution >= 4 is 44.2 Å². The van der Waals surface area contributed by atoms with Crippen LogP contribution in [0, 0.1) is 0 Å². The monoisotopic (exact) mass is 362 g/mol. The second kappa shape index (κ2) is 6.14. The average molecular weight is 362 g/mol. The van der Waals surface area contributed by atoms with Crippen LogP contribution in [0.2, 0.25) is 0 Å². The lowest BCUT2D eigenvalue weighted by molar-refractivity contribution is 0.0748. The highest BCUT2D eigenvalue weighted by molar-refractivity contribution is 7.13. The van der Waals surface area contributed by atoms with E-state index in [-0.39, 0.29) is 5.91 Å². The number of nitrogens with zero attached hydrogens (tertiary/aromatic N) is 3. The van der Waals surface area contributed by atoms with Crippen molar-refractivity contribution in [1.29, 1.82) is 0 Å². The molecule has 1 N–H and O–H groups in total. The van der Waals surface area contributed by atoms with Crippen molar-refractivity contribution in [3.8, 4) is 0 Å². The second-order valence-corrected chi connectivity index (χ2v) is 7.33. The molecule has 2 aromatic heterocycles. The SMILES string of the molecule is O=C(c1c[nH]c2ccccc12)N1CCN(c2nsc3ccccc23)CC1. The molecule has 0 bridgehead atoms. The van der Waals surface area contributed by atoms with Crippen molar-refractivity contribution in [2.24, 2.45) is 0 Å². The van der Waals surface area contributed by atoms with Crippen LogP contribution in [0.4, 0.5) is 5.82 Å². The zero-order valence-electron chi connectivity index (χ0n) is 14.2. The minimum Gasteiger partial charge on any atom is -0.360 e. The number of anilines is 1. The molecule has 1 aliphatic rings. The molecule has 5 nitrogen and oxygen atoms in total. The van der Waals surface area contributed by atoms with Gasteiger partial charge in [0, 0.05) is 48.7 Å². The fourth-order valence-corrected chi connectivity index (χ4v) is 4.44. The number of piperazine rings is 1. The smallest absolute Gasteiger partial charge is 0.256 e. The molecule has 0 atom stereocenters. The number of para-hydroxylation sites is 1. The first-order chi connectivity index (χ1) is 12.8. The predicted molar refractivity (Wildman–Crippen MR) is 106 cm³/mol. The number of fused-ring (bicyclic) bond motifs is 2. The molecule has 0 aliphatic carbocycles. The fourth-order valence-electron chi connectivity index (χ4n) is 3.64. The topological polar surface area (TPSA) is 52.2 Å². The number of aromatic amines is 1. The van der Waals surface area contributed by atoms with Gasteiger partial charge in [-0.05, 0) is 29.7 Å². The number of aromatic nitrogens is 2. The molecule has 0 spiro atoms. The Morgan fingerprint density at radius 1 is 0.962 bits per heavy atom. The van der Waals surface area contributed by atoms with Gasteiger partial charge in [0.2, 0.25) is 0 Å². The molecule has 0 saturated carbocycles. The van der Waals surface area contributed by atoms with E-state index in [1.807, 2.05) is 41.4 Å². The van der Waals surface area contributed by atoms with Crippen molar-refractivity contribution in [2.75, 3.05) is 31.1 Å². The van der Waals surface area contributed by atoms with Crippen molar-refractivity contribution in [3.63, 3.8) is 0 Å². The number of carbonyl (C=O) groups is 1. The van der Waals surface area contributed by atoms with Gasteiger partial charge in [-0.25, -0.2) is 0 Å². The summed E-state index contributed by atoms with van der Waals surface area (Å²) in [5.41, 5.74) is 1.76. The number of hydrogen-bond donors (Lipinski definition) is 1. The molecule has 1 saturated heterocycles. The van der Waals surface area contributed by atoms with E-state index in [0.29, 0.717) is 13.1 Å². The minimum atomic E-state index is 0.102. The van der Waals surface area contributed by atoms with Gasteiger partial charge in [-0.1, -0.05) is 30.3 Å². The minimum absolute atomic E-state index is 0.102. The number of amides is 1. The standard InChI is InChI=1S/C20H18N4OS/c25-20(16-13-21-17-7-3-1-5-14(16)17)24-11-9-23(10-12-24)19-15-6-2-4-8-18(15)26-22-19/h1-8,13,21H,9-12H2. The summed E-state index contributed by atoms with van der Waals surface area (Å²) >= 11 is 1.54. The van der Waals surface area contributed by atoms with E-state index in [1.165, 1.54) is 21.6 Å². The molecule has 6 heteroatoms. The molecule has 2 aromatic carbocycles. The zero-order chi connectivity index (χ0) is 17.5. The van der Waals surface area contributed by atoms with Crippen molar-refractivity contribution < 1.29 is 4.79 Å². The van der Waals surface area contributed by atoms with Gasteiger partial charge in [0.25, 0.3) is 5.91 Å². The maximum absolute atomic E-state index is 13.0. The van der Waals surface area contributed by atoms with E-state index in [0.717, 1.165) is 35.4 Å². The highest BCUT2D eigenvalue weighted by atomic mass is 32.1. The quantitative estimate of drug-likeness (QED) is 0.591. The molecule has 0 radical (unpaired) electrons. The maximum atomic E-state index is 13.0. The lowest BCUT2D eigenvalue weighted by atomic mass is 10.1. The summed E-state index contributed by atoms with van der Waals surface area (Å²) in [6.45, 7) is 3.04. The first kappa shape index (κ1) is 15.4. The van der Waals surface area contributed by atoms with E-state index < -0.39 is 0 Å². The Balaban J connectivity index is 1.35. The average Bonchev–Trinajstić information content (AvgIpc) is 3.32. The molecular formula is C20H18N4OS. The van der Waals surface area contributed by atoms with Gasteiger partial charge in [-0.2, -0.15) is 4.37 Å². The summed E-state index contributed by atoms with van der Waals surface area (Å²) < 4.78 is 5.85. The summed E-state index contributed by atoms with van der Waals surface area (Å²) in [6, 6.07) is 16.3. The van der Waals surface area contributed by atoms with Gasteiger partial charge in [-0.15, -0.1) is 0 Å². The molecule has 5 rings (SSSR count). The first-order valence-electron chi connectivity index (χ1n) is 8.76. The van der Waals surface area contributed by atoms with Gasteiger partial charge in [0.05, 0.1) is 10.3 Å². The highest BCUT2D eigenvalue weighted by Crippen LogP contribution is 2.30. The Morgan fingerprint density at radius 3 is 2.54 bits per heavy atom. The third-order valence-corrected chi connectivity index (χ3v) is 5.86. The van der Waals surface area contributed by atoms with E-state index in [4.69, 9.17) is 0 Å². The van der Waals surface area contributed by atoms with Crippen molar-refractivity contribution in [2.45, 2.75) is 0 Å². The molecule has 130 valence electrons. The van der Waals surface area contributed by atoms with Gasteiger partial charge >= 0.3 is 0 Å². The lowest BCUT2D eigenvalue weighted by Gasteiger charge is -2.35. The normalized spacial score (nSPS) is 15.1. The van der Waals surface area contributed by atoms with Crippen LogP contribution in [0.5, 0.6) is 0 Å². The Bertz CT molecular complexity index is 1090. The number of hydrogen-bond acceptors (Lipinski definition) is 4. The summed E-state index contributed by atoms with van der Waals surface area (Å²) in [6.07, 6.45) is 1.83. The van der Waals surface area contributed by atoms with Crippen LogP contribution in [-0.2, 0) is 0 Å². The number of nitrogens with one attached hydrogen (secondary N) is 1. The first-order valence-corrected chi connectivity index (χ1v) is 9.53. The highest BCUT2D eigenvalue weighted by Gasteiger charge is 2.25. The Kier molecular flexibility index (Phi) is 3.64. The molecule has 1 aliphatic heterocycles. The van der Waals surface area contributed by atoms with Gasteiger partial charge in [-0.3, -0.25) is 4.79 Å². The lowest BCUT2D eigenvalue weighted by Crippen LogP contribution is -2.48. The van der Waals surface area contributed by atoms with Crippen LogP contribution in [0.25, 0.3) is 21.0 Å². The largest absolute Gasteiger partial charge is 0.360 e. The molecule has 1 fully saturated rings. The summed E-state index contributed by atoms with van der Waals surface area (Å²) in [5.74, 6) is 1.15. The predicted octanol–water partition coefficient (Wildman–Crippen LogP) is 3.74. The Morgan fingerprint density at radius 2 is 1.69 bits per heavy atom. The number of carbonyl (C=O) groups excluding carboxylic acids is 1. The van der Waals surface area contributed by atoms with E-state index in [2.05, 4.69) is 32.5 Å². The van der Waals surface area contributed by atoms with Crippen molar-refractivity contribution in [1.82, 2.24) is 14.3 Å². The van der Waals surface area contributed by atoms with Crippen LogP contribution >= 0.6 is 11.5 Å². The second-order valence-electron chi connectivity index (χ2n) is 6.53. The van der Waals surface area contributed by atoms with Gasteiger partial charge in [0.15, 0.2) is 0 Å². The number of H-pyrrole nitrogens is 1. The zero-order valence-corrected chi connectivity index (χ0v) is 15.0. The third-order valence-electron chi connectivity index (χ3n) is 5.04. The van der Waals surface area contributed by atoms with Crippen molar-refractivity contribution in [3.05, 3.63) is 60.3 Å². The van der Waals surface area contributed by atoms with Crippen LogP contribution in [0.1, 0.15) is 10.4 Å². The van der Waals surface area contributed by atoms with Gasteiger partial charge < -0.3 is 14.8 Å². The van der Waals surface area contributed by atoms with Crippen LogP contribution < -0.4 is 4.90 Å². The van der Waals surface area contributed by atoms with E-state index in [9.17, 15) is 4.79 Å². The van der Waals surface area contributed by atoms with E-state index >= 15 is 0 Å². The summed E-state index contributed by atoms with van der Waals surface area (Å²) in [5, 5.41) is 2.19. The van der Waals surface area contributed by atoms with Crippen LogP contribution in [-0.4, -0.2) is 46.3 Å². The number of benzene rings is 2. The summed E-state index contributed by atoms with van der Waals surface area (Å²) in [7, 11) is 0. The van der Waals surface area contributed by atoms with Gasteiger partial charge in [0.1, 0.15) is 5.82 Å². The van der Waals surface area contributed by atoms with Crippen LogP contribution in [0.15, 0.2) is 54.7 Å². The number of rotatable bonds is 2. The molecular weight excluding hydrogens is 344 g/mol. The fraction of sp³-hybridized carbons (Fsp3) is 0.200. The molecule has 1 amide bonds. The Hall–Kier alpha value is -2.86. The maximum Gasteiger partial charge on any atom is 0.256 e. The van der Waals surface area contributed by atoms with E-state index in [1.54, 1.807) is 0 Å². The third kappa shape index (κ3) is 2.45. The molecule has 0 unspecified atom stereocenters.